The Bertz CT molecular complexity index is 71.6. The first-order valence-electron chi connectivity index (χ1n) is 1.01. The van der Waals surface area contributed by atoms with Crippen molar-refractivity contribution in [3.63, 3.8) is 0 Å². The molecule has 0 saturated heterocycles. The molecule has 8 heavy (non-hydrogen) atoms. The van der Waals surface area contributed by atoms with Crippen molar-refractivity contribution in [3.8, 4) is 0 Å². The van der Waals surface area contributed by atoms with E-state index in [0.29, 0.717) is 0 Å². The summed E-state index contributed by atoms with van der Waals surface area (Å²) >= 11 is -11.2. The van der Waals surface area contributed by atoms with Crippen LogP contribution >= 0.6 is 0 Å². The molecule has 0 amide bonds. The van der Waals surface area contributed by atoms with Crippen molar-refractivity contribution in [2.45, 2.75) is 0 Å². The molecule has 0 atom stereocenters. The molecule has 0 saturated carbocycles. The predicted octanol–water partition coefficient (Wildman–Crippen LogP) is 1.87. The van der Waals surface area contributed by atoms with Crippen LogP contribution in [-0.4, -0.2) is 49.0 Å². The smallest absolute Gasteiger partial charge is 0 e. The van der Waals surface area contributed by atoms with Crippen molar-refractivity contribution in [1.82, 2.24) is 0 Å². The molecule has 0 aliphatic rings. The summed E-state index contributed by atoms with van der Waals surface area (Å²) in [5, 5.41) is 0. The first-order valence-corrected chi connectivity index (χ1v) is 6.80. The molecule has 0 nitrogen and oxygen atoms in total. The molecule has 0 spiro atoms. The Balaban J connectivity index is -0.000000180. The van der Waals surface area contributed by atoms with Gasteiger partial charge in [0.05, 0.1) is 0 Å². The molecule has 1 radical (unpaired) electrons. The summed E-state index contributed by atoms with van der Waals surface area (Å²) in [4.78, 5) is 0. The number of rotatable bonds is 0. The van der Waals surface area contributed by atoms with Crippen molar-refractivity contribution in [2.75, 3.05) is 0 Å². The summed E-state index contributed by atoms with van der Waals surface area (Å²) < 4.78 is 59.6. The Hall–Kier alpha value is 1.40. The van der Waals surface area contributed by atoms with Crippen molar-refractivity contribution >= 4 is 49.0 Å². The molecule has 0 N–H and O–H groups in total. The van der Waals surface area contributed by atoms with E-state index in [1.807, 2.05) is 0 Å². The third-order valence-corrected chi connectivity index (χ3v) is 0. The Morgan fingerprint density at radius 2 is 0.750 bits per heavy atom. The minimum Gasteiger partial charge on any atom is 0 e. The average molecular weight is 260 g/mol. The van der Waals surface area contributed by atoms with Crippen LogP contribution in [0.2, 0.25) is 0 Å². The molecule has 0 bridgehead atoms. The van der Waals surface area contributed by atoms with Gasteiger partial charge in [-0.25, -0.2) is 0 Å². The molecule has 0 rings (SSSR count). The maximum atomic E-state index is 9.93. The van der Waals surface area contributed by atoms with Gasteiger partial charge in [0.1, 0.15) is 0 Å². The topological polar surface area (TPSA) is 0 Å². The Labute approximate surface area is 66.9 Å². The predicted molar refractivity (Wildman–Crippen MR) is 19.3 cm³/mol. The van der Waals surface area contributed by atoms with Gasteiger partial charge in [-0.15, -0.1) is 0 Å². The zero-order chi connectivity index (χ0) is 6.41. The Morgan fingerprint density at radius 1 is 0.750 bits per heavy atom. The van der Waals surface area contributed by atoms with Crippen LogP contribution in [0.5, 0.6) is 0 Å². The van der Waals surface area contributed by atoms with Crippen molar-refractivity contribution in [1.29, 1.82) is 0 Å². The number of halogens is 6. The fourth-order valence-corrected chi connectivity index (χ4v) is 0. The van der Waals surface area contributed by atoms with E-state index in [1.54, 1.807) is 0 Å². The van der Waals surface area contributed by atoms with E-state index in [2.05, 4.69) is 0 Å². The van der Waals surface area contributed by atoms with Crippen LogP contribution in [0, 0.1) is 0 Å². The van der Waals surface area contributed by atoms with E-state index < -0.39 is 19.5 Å². The first kappa shape index (κ1) is 12.1. The molecule has 0 heterocycles. The first-order chi connectivity index (χ1) is 2.45. The number of hydrogen-bond donors (Lipinski definition) is 0. The third-order valence-electron chi connectivity index (χ3n) is 0. The van der Waals surface area contributed by atoms with Crippen LogP contribution in [0.4, 0.5) is 16.9 Å². The van der Waals surface area contributed by atoms with Gasteiger partial charge in [-0.2, -0.15) is 0 Å². The summed E-state index contributed by atoms with van der Waals surface area (Å²) in [5.41, 5.74) is 0. The van der Waals surface area contributed by atoms with Crippen LogP contribution in [0.15, 0.2) is 0 Å². The van der Waals surface area contributed by atoms with Gasteiger partial charge in [-0.05, 0) is 0 Å². The van der Waals surface area contributed by atoms with E-state index in [-0.39, 0.29) is 31.0 Å². The van der Waals surface area contributed by atoms with Gasteiger partial charge in [-0.3, -0.25) is 0 Å². The van der Waals surface area contributed by atoms with Gasteiger partial charge in [0.25, 0.3) is 0 Å². The second-order valence-corrected chi connectivity index (χ2v) is 6.43. The summed E-state index contributed by atoms with van der Waals surface area (Å²) in [5.74, 6) is 0. The second-order valence-electron chi connectivity index (χ2n) is 0.958. The van der Waals surface area contributed by atoms with Crippen LogP contribution < -0.4 is 0 Å². The van der Waals surface area contributed by atoms with Crippen LogP contribution in [0.3, 0.4) is 0 Å². The van der Waals surface area contributed by atoms with E-state index in [1.165, 1.54) is 0 Å². The van der Waals surface area contributed by atoms with Gasteiger partial charge >= 0.3 is 37.8 Å². The van der Waals surface area contributed by atoms with Crippen molar-refractivity contribution in [3.05, 3.63) is 0 Å². The normalized spacial score (nSPS) is 20.2. The molecule has 8 heteroatoms. The molecule has 0 unspecified atom stereocenters. The number of hydrogen-bond acceptors (Lipinski definition) is 0. The Morgan fingerprint density at radius 3 is 0.750 bits per heavy atom. The quantitative estimate of drug-likeness (QED) is 0.460. The molecule has 0 aromatic carbocycles. The monoisotopic (exact) mass is 259 g/mol. The molecule has 0 aromatic rings. The van der Waals surface area contributed by atoms with Gasteiger partial charge < -0.3 is 0 Å². The van der Waals surface area contributed by atoms with Gasteiger partial charge in [0.15, 0.2) is 0 Å². The molecule has 0 aromatic heterocycles. The maximum Gasteiger partial charge on any atom is 1.00 e. The summed E-state index contributed by atoms with van der Waals surface area (Å²) in [6.07, 6.45) is 0. The fraction of sp³-hybridized carbons (Fsp3) is 0. The van der Waals surface area contributed by atoms with E-state index >= 15 is 0 Å². The largest absolute Gasteiger partial charge is 1.00 e. The second kappa shape index (κ2) is 1.71. The molecular formula is HF6NaSb. The van der Waals surface area contributed by atoms with E-state index in [4.69, 9.17) is 0 Å². The van der Waals surface area contributed by atoms with Crippen LogP contribution in [-0.2, 0) is 0 Å². The molecule has 49 valence electrons. The molecule has 0 fully saturated rings. The van der Waals surface area contributed by atoms with Crippen LogP contribution in [0.1, 0.15) is 1.43 Å². The van der Waals surface area contributed by atoms with Crippen molar-refractivity contribution in [2.24, 2.45) is 0 Å². The molecular weight excluding hydrogens is 259 g/mol. The molecule has 0 aliphatic carbocycles. The van der Waals surface area contributed by atoms with E-state index in [0.717, 1.165) is 0 Å². The minimum absolute atomic E-state index is 0. The van der Waals surface area contributed by atoms with Crippen LogP contribution in [0.25, 0.3) is 0 Å². The summed E-state index contributed by atoms with van der Waals surface area (Å²) in [6, 6.07) is 0. The van der Waals surface area contributed by atoms with E-state index in [9.17, 15) is 16.9 Å². The SMILES string of the molecule is [F][Sb-]([F])([F])([F])([F])[F].[H+].[Na]. The van der Waals surface area contributed by atoms with Gasteiger partial charge in [0, 0.05) is 29.6 Å². The average Bonchev–Trinajstić information content (AvgIpc) is 0.592. The third kappa shape index (κ3) is 155. The zero-order valence-electron chi connectivity index (χ0n) is 4.72. The molecule has 0 aliphatic heterocycles. The van der Waals surface area contributed by atoms with Gasteiger partial charge in [-0.1, -0.05) is 0 Å². The minimum atomic E-state index is -11.2. The van der Waals surface area contributed by atoms with Crippen molar-refractivity contribution < 1.29 is 18.3 Å². The standard InChI is InChI=1S/6FH.Na.Sb/h6*1H;;/q;;;;;;;+5/p-5. The summed E-state index contributed by atoms with van der Waals surface area (Å²) in [6.45, 7) is 0. The zero-order valence-corrected chi connectivity index (χ0v) is 8.27. The summed E-state index contributed by atoms with van der Waals surface area (Å²) in [7, 11) is 0. The fourth-order valence-electron chi connectivity index (χ4n) is 0. The Kier molecular flexibility index (Phi) is 2.59. The maximum absolute atomic E-state index is 11.2. The van der Waals surface area contributed by atoms with Gasteiger partial charge in [0.2, 0.25) is 0 Å².